The molecule has 9 heteroatoms. The van der Waals surface area contributed by atoms with Gasteiger partial charge in [0.05, 0.1) is 18.6 Å². The number of carbonyl (C=O) groups excluding carboxylic acids is 2. The van der Waals surface area contributed by atoms with Crippen LogP contribution in [-0.4, -0.2) is 23.2 Å². The van der Waals surface area contributed by atoms with Crippen molar-refractivity contribution in [2.24, 2.45) is 0 Å². The van der Waals surface area contributed by atoms with E-state index in [1.54, 1.807) is 36.4 Å². The van der Waals surface area contributed by atoms with Crippen molar-refractivity contribution in [3.05, 3.63) is 97.0 Å². The summed E-state index contributed by atoms with van der Waals surface area (Å²) in [7, 11) is 1.50. The number of carbonyl (C=O) groups is 2. The summed E-state index contributed by atoms with van der Waals surface area (Å²) in [5, 5.41) is -0.327. The van der Waals surface area contributed by atoms with Gasteiger partial charge < -0.3 is 9.47 Å². The zero-order valence-corrected chi connectivity index (χ0v) is 21.9. The van der Waals surface area contributed by atoms with Gasteiger partial charge in [-0.25, -0.2) is 4.39 Å². The molecule has 3 aromatic rings. The number of benzene rings is 3. The number of thioether (sulfide) groups is 1. The first-order valence-corrected chi connectivity index (χ1v) is 12.5. The van der Waals surface area contributed by atoms with Crippen LogP contribution in [0.15, 0.2) is 74.5 Å². The third-order valence-corrected chi connectivity index (χ3v) is 7.16. The number of hydrogen-bond donors (Lipinski definition) is 0. The topological polar surface area (TPSA) is 55.8 Å². The van der Waals surface area contributed by atoms with Crippen LogP contribution in [0.2, 0.25) is 0 Å². The summed E-state index contributed by atoms with van der Waals surface area (Å²) in [5.74, 6) is 0.123. The van der Waals surface area contributed by atoms with Gasteiger partial charge in [-0.1, -0.05) is 62.2 Å². The minimum absolute atomic E-state index is 0.0315. The van der Waals surface area contributed by atoms with Crippen LogP contribution in [0.4, 0.5) is 9.18 Å². The zero-order chi connectivity index (χ0) is 24.2. The second kappa shape index (κ2) is 10.8. The number of rotatable bonds is 7. The first kappa shape index (κ1) is 24.5. The Labute approximate surface area is 217 Å². The van der Waals surface area contributed by atoms with Crippen LogP contribution < -0.4 is 9.47 Å². The van der Waals surface area contributed by atoms with Crippen LogP contribution in [-0.2, 0) is 17.9 Å². The normalized spacial score (nSPS) is 14.7. The van der Waals surface area contributed by atoms with Crippen LogP contribution in [0, 0.1) is 5.82 Å². The number of halogens is 3. The SMILES string of the molecule is COc1cc(/C=C2\SC(=O)N(Cc3ccc(Br)cc3)C2=O)c(Br)cc1OCc1ccccc1F. The monoisotopic (exact) mass is 605 g/mol. The Morgan fingerprint density at radius 1 is 1.03 bits per heavy atom. The molecule has 1 saturated heterocycles. The maximum atomic E-state index is 13.9. The van der Waals surface area contributed by atoms with Crippen molar-refractivity contribution in [3.63, 3.8) is 0 Å². The minimum atomic E-state index is -0.358. The molecule has 3 aromatic carbocycles. The Hall–Kier alpha value is -2.62. The van der Waals surface area contributed by atoms with Gasteiger partial charge in [0.2, 0.25) is 0 Å². The lowest BCUT2D eigenvalue weighted by atomic mass is 10.1. The molecule has 1 fully saturated rings. The molecule has 0 aromatic heterocycles. The molecule has 1 aliphatic heterocycles. The van der Waals surface area contributed by atoms with Gasteiger partial charge in [-0.15, -0.1) is 0 Å². The Bertz CT molecular complexity index is 1280. The lowest BCUT2D eigenvalue weighted by molar-refractivity contribution is -0.123. The first-order valence-electron chi connectivity index (χ1n) is 10.1. The second-order valence-corrected chi connectivity index (χ2v) is 10.1. The molecule has 0 aliphatic carbocycles. The zero-order valence-electron chi connectivity index (χ0n) is 17.9. The highest BCUT2D eigenvalue weighted by Gasteiger charge is 2.35. The van der Waals surface area contributed by atoms with Crippen LogP contribution in [0.25, 0.3) is 6.08 Å². The number of imide groups is 1. The average molecular weight is 607 g/mol. The van der Waals surface area contributed by atoms with Gasteiger partial charge in [-0.3, -0.25) is 14.5 Å². The van der Waals surface area contributed by atoms with Crippen LogP contribution in [0.5, 0.6) is 11.5 Å². The molecule has 0 spiro atoms. The van der Waals surface area contributed by atoms with Crippen LogP contribution in [0.1, 0.15) is 16.7 Å². The fourth-order valence-corrected chi connectivity index (χ4v) is 4.79. The summed E-state index contributed by atoms with van der Waals surface area (Å²) in [6, 6.07) is 17.2. The standard InChI is InChI=1S/C25H18Br2FNO4S/c1-32-21-10-17(19(27)12-22(21)33-14-16-4-2-3-5-20(16)28)11-23-24(30)29(25(31)34-23)13-15-6-8-18(26)9-7-15/h2-12H,13-14H2,1H3/b23-11-. The maximum absolute atomic E-state index is 13.9. The van der Waals surface area contributed by atoms with Crippen LogP contribution >= 0.6 is 43.6 Å². The Morgan fingerprint density at radius 2 is 1.76 bits per heavy atom. The number of hydrogen-bond acceptors (Lipinski definition) is 5. The Kier molecular flexibility index (Phi) is 7.75. The van der Waals surface area contributed by atoms with E-state index in [2.05, 4.69) is 31.9 Å². The largest absolute Gasteiger partial charge is 0.493 e. The molecular weight excluding hydrogens is 589 g/mol. The van der Waals surface area contributed by atoms with Crippen molar-refractivity contribution >= 4 is 60.8 Å². The third-order valence-electron chi connectivity index (χ3n) is 5.04. The van der Waals surface area contributed by atoms with Gasteiger partial charge in [0, 0.05) is 14.5 Å². The summed E-state index contributed by atoms with van der Waals surface area (Å²) in [6.45, 7) is 0.229. The first-order chi connectivity index (χ1) is 16.4. The third kappa shape index (κ3) is 5.54. The number of methoxy groups -OCH3 is 1. The molecule has 4 rings (SSSR count). The molecule has 0 bridgehead atoms. The van der Waals surface area contributed by atoms with Gasteiger partial charge in [0.15, 0.2) is 11.5 Å². The molecule has 5 nitrogen and oxygen atoms in total. The van der Waals surface area contributed by atoms with E-state index >= 15 is 0 Å². The molecule has 174 valence electrons. The quantitative estimate of drug-likeness (QED) is 0.267. The molecule has 0 atom stereocenters. The molecule has 1 aliphatic rings. The summed E-state index contributed by atoms with van der Waals surface area (Å²) in [4.78, 5) is 26.9. The molecule has 2 amide bonds. The summed E-state index contributed by atoms with van der Waals surface area (Å²) < 4.78 is 26.7. The summed E-state index contributed by atoms with van der Waals surface area (Å²) >= 11 is 7.76. The number of nitrogens with zero attached hydrogens (tertiary/aromatic N) is 1. The van der Waals surface area contributed by atoms with Gasteiger partial charge in [0.25, 0.3) is 11.1 Å². The Morgan fingerprint density at radius 3 is 2.47 bits per heavy atom. The van der Waals surface area contributed by atoms with E-state index in [1.807, 2.05) is 24.3 Å². The van der Waals surface area contributed by atoms with Gasteiger partial charge in [0.1, 0.15) is 12.4 Å². The molecular formula is C25H18Br2FNO4S. The molecule has 0 unspecified atom stereocenters. The highest BCUT2D eigenvalue weighted by atomic mass is 79.9. The van der Waals surface area contributed by atoms with E-state index in [4.69, 9.17) is 9.47 Å². The lowest BCUT2D eigenvalue weighted by Crippen LogP contribution is -2.27. The molecule has 1 heterocycles. The molecule has 0 radical (unpaired) electrons. The van der Waals surface area contributed by atoms with Crippen molar-refractivity contribution in [2.45, 2.75) is 13.2 Å². The van der Waals surface area contributed by atoms with E-state index in [-0.39, 0.29) is 30.1 Å². The van der Waals surface area contributed by atoms with Crippen molar-refractivity contribution in [3.8, 4) is 11.5 Å². The fourth-order valence-electron chi connectivity index (χ4n) is 3.25. The van der Waals surface area contributed by atoms with Crippen molar-refractivity contribution in [1.29, 1.82) is 0 Å². The fraction of sp³-hybridized carbons (Fsp3) is 0.120. The average Bonchev–Trinajstić information content (AvgIpc) is 3.08. The van der Waals surface area contributed by atoms with Crippen molar-refractivity contribution in [2.75, 3.05) is 7.11 Å². The van der Waals surface area contributed by atoms with E-state index in [9.17, 15) is 14.0 Å². The van der Waals surface area contributed by atoms with E-state index in [0.29, 0.717) is 32.0 Å². The molecule has 0 saturated carbocycles. The minimum Gasteiger partial charge on any atom is -0.493 e. The number of amides is 2. The van der Waals surface area contributed by atoms with E-state index in [1.165, 1.54) is 18.1 Å². The van der Waals surface area contributed by atoms with E-state index in [0.717, 1.165) is 21.8 Å². The predicted octanol–water partition coefficient (Wildman–Crippen LogP) is 7.17. The van der Waals surface area contributed by atoms with Gasteiger partial charge >= 0.3 is 0 Å². The van der Waals surface area contributed by atoms with Gasteiger partial charge in [-0.05, 0) is 59.3 Å². The smallest absolute Gasteiger partial charge is 0.293 e. The van der Waals surface area contributed by atoms with E-state index < -0.39 is 0 Å². The summed E-state index contributed by atoms with van der Waals surface area (Å²) in [5.41, 5.74) is 1.92. The molecule has 0 N–H and O–H groups in total. The molecule has 34 heavy (non-hydrogen) atoms. The number of ether oxygens (including phenoxy) is 2. The highest BCUT2D eigenvalue weighted by molar-refractivity contribution is 9.10. The lowest BCUT2D eigenvalue weighted by Gasteiger charge is -2.14. The van der Waals surface area contributed by atoms with Crippen molar-refractivity contribution in [1.82, 2.24) is 4.90 Å². The highest BCUT2D eigenvalue weighted by Crippen LogP contribution is 2.38. The van der Waals surface area contributed by atoms with Crippen molar-refractivity contribution < 1.29 is 23.5 Å². The second-order valence-electron chi connectivity index (χ2n) is 7.30. The van der Waals surface area contributed by atoms with Gasteiger partial charge in [-0.2, -0.15) is 0 Å². The van der Waals surface area contributed by atoms with Crippen LogP contribution in [0.3, 0.4) is 0 Å². The predicted molar refractivity (Wildman–Crippen MR) is 137 cm³/mol. The summed E-state index contributed by atoms with van der Waals surface area (Å²) in [6.07, 6.45) is 1.64. The maximum Gasteiger partial charge on any atom is 0.293 e. The Balaban J connectivity index is 1.54.